The minimum absolute atomic E-state index is 0.203. The number of carbonyl (C=O) groups is 2. The number of piperazine rings is 1. The summed E-state index contributed by atoms with van der Waals surface area (Å²) in [6, 6.07) is 5.65. The summed E-state index contributed by atoms with van der Waals surface area (Å²) in [5, 5.41) is 5.48. The second kappa shape index (κ2) is 6.37. The molecular formula is C14H18BrN3O2. The number of halogens is 1. The molecule has 1 saturated heterocycles. The Kier molecular flexibility index (Phi) is 4.77. The number of imide groups is 1. The molecule has 0 bridgehead atoms. The van der Waals surface area contributed by atoms with Gasteiger partial charge in [-0.1, -0.05) is 13.0 Å². The van der Waals surface area contributed by atoms with E-state index in [0.29, 0.717) is 6.42 Å². The molecule has 2 N–H and O–H groups in total. The number of nitrogens with zero attached hydrogens (tertiary/aromatic N) is 1. The quantitative estimate of drug-likeness (QED) is 0.814. The lowest BCUT2D eigenvalue weighted by Gasteiger charge is -2.35. The maximum Gasteiger partial charge on any atom is 0.249 e. The summed E-state index contributed by atoms with van der Waals surface area (Å²) < 4.78 is 0.895. The van der Waals surface area contributed by atoms with Gasteiger partial charge in [-0.25, -0.2) is 0 Å². The number of rotatable bonds is 4. The molecule has 108 valence electrons. The van der Waals surface area contributed by atoms with E-state index in [2.05, 4.69) is 26.6 Å². The van der Waals surface area contributed by atoms with Crippen molar-refractivity contribution in [1.82, 2.24) is 10.6 Å². The molecule has 20 heavy (non-hydrogen) atoms. The van der Waals surface area contributed by atoms with Gasteiger partial charge in [0.1, 0.15) is 6.04 Å². The van der Waals surface area contributed by atoms with Crippen molar-refractivity contribution in [3.05, 3.63) is 28.2 Å². The van der Waals surface area contributed by atoms with Gasteiger partial charge in [-0.05, 0) is 47.1 Å². The van der Waals surface area contributed by atoms with Gasteiger partial charge in [0.2, 0.25) is 11.8 Å². The molecule has 1 unspecified atom stereocenters. The predicted molar refractivity (Wildman–Crippen MR) is 81.5 cm³/mol. The van der Waals surface area contributed by atoms with Gasteiger partial charge in [0.05, 0.1) is 12.2 Å². The SMILES string of the molecule is CCC1C(=O)NC(=O)CN1c1ccc(CNC)cc1Br. The zero-order valence-electron chi connectivity index (χ0n) is 11.6. The lowest BCUT2D eigenvalue weighted by molar-refractivity contribution is -0.132. The van der Waals surface area contributed by atoms with Crippen LogP contribution in [0.25, 0.3) is 0 Å². The second-order valence-corrected chi connectivity index (χ2v) is 5.63. The number of nitrogens with one attached hydrogen (secondary N) is 2. The highest BCUT2D eigenvalue weighted by Crippen LogP contribution is 2.30. The van der Waals surface area contributed by atoms with Gasteiger partial charge in [-0.2, -0.15) is 0 Å². The molecule has 1 aromatic rings. The van der Waals surface area contributed by atoms with Gasteiger partial charge in [-0.15, -0.1) is 0 Å². The fraction of sp³-hybridized carbons (Fsp3) is 0.429. The molecule has 1 aliphatic heterocycles. The van der Waals surface area contributed by atoms with Crippen molar-refractivity contribution in [3.8, 4) is 0 Å². The Bertz CT molecular complexity index is 533. The lowest BCUT2D eigenvalue weighted by atomic mass is 10.1. The van der Waals surface area contributed by atoms with E-state index in [1.54, 1.807) is 0 Å². The van der Waals surface area contributed by atoms with E-state index in [0.717, 1.165) is 22.3 Å². The summed E-state index contributed by atoms with van der Waals surface area (Å²) in [6.07, 6.45) is 0.657. The monoisotopic (exact) mass is 339 g/mol. The van der Waals surface area contributed by atoms with Crippen molar-refractivity contribution >= 4 is 33.4 Å². The summed E-state index contributed by atoms with van der Waals surface area (Å²) >= 11 is 3.54. The minimum atomic E-state index is -0.306. The van der Waals surface area contributed by atoms with E-state index in [9.17, 15) is 9.59 Å². The third kappa shape index (κ3) is 3.02. The molecule has 1 aliphatic rings. The minimum Gasteiger partial charge on any atom is -0.349 e. The average molecular weight is 340 g/mol. The van der Waals surface area contributed by atoms with Crippen LogP contribution in [0.2, 0.25) is 0 Å². The Morgan fingerprint density at radius 1 is 1.45 bits per heavy atom. The second-order valence-electron chi connectivity index (χ2n) is 4.78. The number of amides is 2. The fourth-order valence-corrected chi connectivity index (χ4v) is 3.08. The molecule has 1 heterocycles. The van der Waals surface area contributed by atoms with Gasteiger partial charge < -0.3 is 10.2 Å². The van der Waals surface area contributed by atoms with Crippen LogP contribution in [0, 0.1) is 0 Å². The zero-order valence-corrected chi connectivity index (χ0v) is 13.2. The Hall–Kier alpha value is -1.40. The first-order valence-electron chi connectivity index (χ1n) is 6.60. The third-order valence-electron chi connectivity index (χ3n) is 3.34. The van der Waals surface area contributed by atoms with Crippen LogP contribution in [0.5, 0.6) is 0 Å². The molecule has 2 amide bonds. The Morgan fingerprint density at radius 3 is 2.80 bits per heavy atom. The van der Waals surface area contributed by atoms with Crippen molar-refractivity contribution in [2.24, 2.45) is 0 Å². The molecule has 1 fully saturated rings. The van der Waals surface area contributed by atoms with Crippen LogP contribution in [0.4, 0.5) is 5.69 Å². The van der Waals surface area contributed by atoms with E-state index in [-0.39, 0.29) is 24.4 Å². The van der Waals surface area contributed by atoms with Crippen LogP contribution in [-0.2, 0) is 16.1 Å². The van der Waals surface area contributed by atoms with E-state index in [1.807, 2.05) is 37.1 Å². The van der Waals surface area contributed by atoms with Crippen LogP contribution in [-0.4, -0.2) is 31.4 Å². The van der Waals surface area contributed by atoms with Gasteiger partial charge in [0.15, 0.2) is 0 Å². The number of hydrogen-bond acceptors (Lipinski definition) is 4. The standard InChI is InChI=1S/C14H18BrN3O2/c1-3-11-14(20)17-13(19)8-18(11)12-5-4-9(7-16-2)6-10(12)15/h4-6,11,16H,3,7-8H2,1-2H3,(H,17,19,20). The summed E-state index contributed by atoms with van der Waals surface area (Å²) in [5.74, 6) is -0.485. The number of benzene rings is 1. The Balaban J connectivity index is 2.33. The summed E-state index contributed by atoms with van der Waals surface area (Å²) in [4.78, 5) is 25.4. The normalized spacial score (nSPS) is 19.1. The van der Waals surface area contributed by atoms with Crippen LogP contribution in [0.1, 0.15) is 18.9 Å². The van der Waals surface area contributed by atoms with E-state index >= 15 is 0 Å². The highest BCUT2D eigenvalue weighted by molar-refractivity contribution is 9.10. The van der Waals surface area contributed by atoms with Crippen LogP contribution < -0.4 is 15.5 Å². The van der Waals surface area contributed by atoms with Crippen LogP contribution in [0.15, 0.2) is 22.7 Å². The van der Waals surface area contributed by atoms with Crippen LogP contribution in [0.3, 0.4) is 0 Å². The van der Waals surface area contributed by atoms with Crippen molar-refractivity contribution in [1.29, 1.82) is 0 Å². The average Bonchev–Trinajstić information content (AvgIpc) is 2.38. The van der Waals surface area contributed by atoms with Crippen molar-refractivity contribution in [3.63, 3.8) is 0 Å². The van der Waals surface area contributed by atoms with Crippen molar-refractivity contribution in [2.75, 3.05) is 18.5 Å². The molecule has 2 rings (SSSR count). The largest absolute Gasteiger partial charge is 0.349 e. The summed E-state index contributed by atoms with van der Waals surface area (Å²) in [5.41, 5.74) is 2.02. The highest BCUT2D eigenvalue weighted by Gasteiger charge is 2.33. The third-order valence-corrected chi connectivity index (χ3v) is 3.98. The zero-order chi connectivity index (χ0) is 14.7. The summed E-state index contributed by atoms with van der Waals surface area (Å²) in [6.45, 7) is 2.92. The first-order chi connectivity index (χ1) is 9.56. The van der Waals surface area contributed by atoms with E-state index in [4.69, 9.17) is 0 Å². The first-order valence-corrected chi connectivity index (χ1v) is 7.39. The molecule has 0 aromatic heterocycles. The smallest absolute Gasteiger partial charge is 0.249 e. The first kappa shape index (κ1) is 15.0. The molecule has 5 nitrogen and oxygen atoms in total. The van der Waals surface area contributed by atoms with Gasteiger partial charge in [0.25, 0.3) is 0 Å². The van der Waals surface area contributed by atoms with Gasteiger partial charge in [-0.3, -0.25) is 14.9 Å². The highest BCUT2D eigenvalue weighted by atomic mass is 79.9. The topological polar surface area (TPSA) is 61.4 Å². The maximum absolute atomic E-state index is 11.9. The van der Waals surface area contributed by atoms with Crippen LogP contribution >= 0.6 is 15.9 Å². The Morgan fingerprint density at radius 2 is 2.20 bits per heavy atom. The summed E-state index contributed by atoms with van der Waals surface area (Å²) in [7, 11) is 1.89. The van der Waals surface area contributed by atoms with E-state index in [1.165, 1.54) is 0 Å². The number of anilines is 1. The molecule has 0 saturated carbocycles. The molecule has 6 heteroatoms. The maximum atomic E-state index is 11.9. The molecule has 0 aliphatic carbocycles. The van der Waals surface area contributed by atoms with E-state index < -0.39 is 0 Å². The van der Waals surface area contributed by atoms with Gasteiger partial charge >= 0.3 is 0 Å². The fourth-order valence-electron chi connectivity index (χ4n) is 2.42. The van der Waals surface area contributed by atoms with Gasteiger partial charge in [0, 0.05) is 11.0 Å². The predicted octanol–water partition coefficient (Wildman–Crippen LogP) is 1.41. The van der Waals surface area contributed by atoms with Crippen molar-refractivity contribution in [2.45, 2.75) is 25.9 Å². The number of carbonyl (C=O) groups excluding carboxylic acids is 2. The Labute approximate surface area is 126 Å². The molecule has 0 radical (unpaired) electrons. The molecule has 1 atom stereocenters. The molecular weight excluding hydrogens is 322 g/mol. The van der Waals surface area contributed by atoms with Crippen molar-refractivity contribution < 1.29 is 9.59 Å². The number of hydrogen-bond donors (Lipinski definition) is 2. The molecule has 0 spiro atoms. The lowest BCUT2D eigenvalue weighted by Crippen LogP contribution is -2.58. The molecule has 1 aromatic carbocycles.